The molecule has 4 nitrogen and oxygen atoms in total. The first-order valence-electron chi connectivity index (χ1n) is 15.1. The van der Waals surface area contributed by atoms with Crippen molar-refractivity contribution in [1.82, 2.24) is 19.1 Å². The highest BCUT2D eigenvalue weighted by Gasteiger charge is 2.22. The molecular formula is C40H27N4P. The average molecular weight is 595 g/mol. The highest BCUT2D eigenvalue weighted by molar-refractivity contribution is 7.79. The first-order chi connectivity index (χ1) is 22.3. The molecule has 0 unspecified atom stereocenters. The second-order valence-electron chi connectivity index (χ2n) is 11.1. The highest BCUT2D eigenvalue weighted by atomic mass is 31.1. The first-order valence-corrected chi connectivity index (χ1v) is 16.5. The number of para-hydroxylation sites is 4. The Labute approximate surface area is 261 Å². The second-order valence-corrected chi connectivity index (χ2v) is 13.2. The van der Waals surface area contributed by atoms with Crippen molar-refractivity contribution in [2.45, 2.75) is 0 Å². The molecule has 0 bridgehead atoms. The summed E-state index contributed by atoms with van der Waals surface area (Å²) in [4.78, 5) is 10.8. The molecule has 9 rings (SSSR count). The Kier molecular flexibility index (Phi) is 6.07. The fourth-order valence-electron chi connectivity index (χ4n) is 6.62. The molecule has 5 aromatic carbocycles. The zero-order valence-electron chi connectivity index (χ0n) is 24.3. The molecule has 0 spiro atoms. The van der Waals surface area contributed by atoms with Crippen molar-refractivity contribution in [2.24, 2.45) is 0 Å². The molecule has 9 aromatic rings. The Balaban J connectivity index is 1.25. The van der Waals surface area contributed by atoms with Gasteiger partial charge in [0.2, 0.25) is 0 Å². The van der Waals surface area contributed by atoms with Crippen molar-refractivity contribution in [3.8, 4) is 11.6 Å². The summed E-state index contributed by atoms with van der Waals surface area (Å²) < 4.78 is 4.57. The molecule has 0 radical (unpaired) electrons. The van der Waals surface area contributed by atoms with Gasteiger partial charge in [-0.3, -0.25) is 9.13 Å². The van der Waals surface area contributed by atoms with Crippen molar-refractivity contribution in [3.05, 3.63) is 164 Å². The SMILES string of the molecule is c1ccc(P(c2cccc(-n3c4ccccc4c4ccccc43)n2)c2cccc(-n3c4ccccc4c4ccccc43)n2)cc1. The van der Waals surface area contributed by atoms with Crippen molar-refractivity contribution in [2.75, 3.05) is 0 Å². The van der Waals surface area contributed by atoms with Crippen LogP contribution < -0.4 is 16.2 Å². The number of benzene rings is 5. The number of hydrogen-bond acceptors (Lipinski definition) is 2. The quantitative estimate of drug-likeness (QED) is 0.188. The molecule has 45 heavy (non-hydrogen) atoms. The topological polar surface area (TPSA) is 35.6 Å². The molecule has 0 N–H and O–H groups in total. The number of hydrogen-bond donors (Lipinski definition) is 0. The van der Waals surface area contributed by atoms with E-state index in [1.807, 2.05) is 0 Å². The minimum atomic E-state index is -1.05. The van der Waals surface area contributed by atoms with E-state index in [1.54, 1.807) is 0 Å². The lowest BCUT2D eigenvalue weighted by Gasteiger charge is -2.19. The molecule has 212 valence electrons. The van der Waals surface area contributed by atoms with Crippen LogP contribution >= 0.6 is 7.92 Å². The molecule has 0 aliphatic heterocycles. The van der Waals surface area contributed by atoms with Gasteiger partial charge in [-0.25, -0.2) is 9.97 Å². The zero-order chi connectivity index (χ0) is 29.7. The van der Waals surface area contributed by atoms with Crippen LogP contribution in [-0.4, -0.2) is 19.1 Å². The number of pyridine rings is 2. The van der Waals surface area contributed by atoms with Gasteiger partial charge in [-0.1, -0.05) is 115 Å². The van der Waals surface area contributed by atoms with Gasteiger partial charge in [0.05, 0.1) is 32.9 Å². The molecule has 4 aromatic heterocycles. The average Bonchev–Trinajstić information content (AvgIpc) is 3.62. The third-order valence-corrected chi connectivity index (χ3v) is 10.8. The maximum atomic E-state index is 5.41. The lowest BCUT2D eigenvalue weighted by molar-refractivity contribution is 1.09. The van der Waals surface area contributed by atoms with Crippen LogP contribution in [0.2, 0.25) is 0 Å². The van der Waals surface area contributed by atoms with Crippen LogP contribution in [0.4, 0.5) is 0 Å². The van der Waals surface area contributed by atoms with E-state index in [0.29, 0.717) is 0 Å². The van der Waals surface area contributed by atoms with Gasteiger partial charge >= 0.3 is 0 Å². The van der Waals surface area contributed by atoms with E-state index in [2.05, 4.69) is 173 Å². The van der Waals surface area contributed by atoms with Crippen molar-refractivity contribution < 1.29 is 0 Å². The molecule has 0 saturated heterocycles. The molecule has 0 atom stereocenters. The Hall–Kier alpha value is -5.57. The van der Waals surface area contributed by atoms with Crippen LogP contribution in [0.1, 0.15) is 0 Å². The summed E-state index contributed by atoms with van der Waals surface area (Å²) in [6.45, 7) is 0. The van der Waals surface area contributed by atoms with Crippen LogP contribution in [-0.2, 0) is 0 Å². The van der Waals surface area contributed by atoms with Crippen LogP contribution in [0.5, 0.6) is 0 Å². The van der Waals surface area contributed by atoms with Crippen molar-refractivity contribution in [3.63, 3.8) is 0 Å². The Morgan fingerprint density at radius 3 is 1.09 bits per heavy atom. The van der Waals surface area contributed by atoms with Crippen molar-refractivity contribution in [1.29, 1.82) is 0 Å². The summed E-state index contributed by atoms with van der Waals surface area (Å²) in [6.07, 6.45) is 0. The number of aromatic nitrogens is 4. The Morgan fingerprint density at radius 1 is 0.333 bits per heavy atom. The number of nitrogens with zero attached hydrogens (tertiary/aromatic N) is 4. The highest BCUT2D eigenvalue weighted by Crippen LogP contribution is 2.35. The first kappa shape index (κ1) is 25.9. The maximum Gasteiger partial charge on any atom is 0.138 e. The lowest BCUT2D eigenvalue weighted by atomic mass is 10.2. The largest absolute Gasteiger partial charge is 0.294 e. The van der Waals surface area contributed by atoms with Crippen molar-refractivity contribution >= 4 is 67.7 Å². The minimum absolute atomic E-state index is 0.909. The van der Waals surface area contributed by atoms with E-state index in [4.69, 9.17) is 9.97 Å². The molecule has 0 saturated carbocycles. The summed E-state index contributed by atoms with van der Waals surface area (Å²) >= 11 is 0. The summed E-state index contributed by atoms with van der Waals surface area (Å²) in [6, 6.07) is 57.8. The van der Waals surface area contributed by atoms with E-state index in [1.165, 1.54) is 26.8 Å². The summed E-state index contributed by atoms with van der Waals surface area (Å²) in [7, 11) is -1.05. The predicted molar refractivity (Wildman–Crippen MR) is 189 cm³/mol. The fraction of sp³-hybridized carbons (Fsp3) is 0. The van der Waals surface area contributed by atoms with E-state index in [-0.39, 0.29) is 0 Å². The Morgan fingerprint density at radius 2 is 0.689 bits per heavy atom. The Bertz CT molecular complexity index is 2250. The van der Waals surface area contributed by atoms with E-state index in [9.17, 15) is 0 Å². The minimum Gasteiger partial charge on any atom is -0.294 e. The molecular weight excluding hydrogens is 567 g/mol. The van der Waals surface area contributed by atoms with Gasteiger partial charge in [0, 0.05) is 29.5 Å². The maximum absolute atomic E-state index is 5.41. The van der Waals surface area contributed by atoms with E-state index in [0.717, 1.165) is 44.6 Å². The molecule has 0 aliphatic carbocycles. The second kappa shape index (κ2) is 10.6. The normalized spacial score (nSPS) is 11.8. The fourth-order valence-corrected chi connectivity index (χ4v) is 8.73. The predicted octanol–water partition coefficient (Wildman–Crippen LogP) is 8.43. The molecule has 5 heteroatoms. The third-order valence-electron chi connectivity index (χ3n) is 8.53. The summed E-state index contributed by atoms with van der Waals surface area (Å²) in [5.41, 5.74) is 6.64. The van der Waals surface area contributed by atoms with Crippen LogP contribution in [0, 0.1) is 0 Å². The molecule has 0 amide bonds. The van der Waals surface area contributed by atoms with E-state index < -0.39 is 7.92 Å². The zero-order valence-corrected chi connectivity index (χ0v) is 25.2. The monoisotopic (exact) mass is 594 g/mol. The van der Waals surface area contributed by atoms with Gasteiger partial charge < -0.3 is 0 Å². The van der Waals surface area contributed by atoms with E-state index >= 15 is 0 Å². The molecule has 0 fully saturated rings. The van der Waals surface area contributed by atoms with Gasteiger partial charge in [-0.15, -0.1) is 0 Å². The van der Waals surface area contributed by atoms with Gasteiger partial charge in [0.1, 0.15) is 11.6 Å². The number of fused-ring (bicyclic) bond motifs is 6. The molecule has 4 heterocycles. The standard InChI is InChI=1S/C40H27N4P/c1-2-14-28(15-3-1)45(39-26-12-24-37(41-39)43-33-20-8-4-16-29(33)30-17-5-9-21-34(30)43)40-27-13-25-38(42-40)44-35-22-10-6-18-31(35)32-19-7-11-23-36(32)44/h1-27H. The van der Waals surface area contributed by atoms with Gasteiger partial charge in [0.25, 0.3) is 0 Å². The van der Waals surface area contributed by atoms with Crippen LogP contribution in [0.25, 0.3) is 55.2 Å². The van der Waals surface area contributed by atoms with Crippen LogP contribution in [0.3, 0.4) is 0 Å². The number of rotatable bonds is 5. The summed E-state index contributed by atoms with van der Waals surface area (Å²) in [5, 5.41) is 6.13. The third kappa shape index (κ3) is 4.18. The van der Waals surface area contributed by atoms with Gasteiger partial charge in [0.15, 0.2) is 0 Å². The molecule has 0 aliphatic rings. The van der Waals surface area contributed by atoms with Gasteiger partial charge in [-0.2, -0.15) is 0 Å². The van der Waals surface area contributed by atoms with Crippen LogP contribution in [0.15, 0.2) is 164 Å². The smallest absolute Gasteiger partial charge is 0.138 e. The summed E-state index contributed by atoms with van der Waals surface area (Å²) in [5.74, 6) is 1.82. The van der Waals surface area contributed by atoms with Gasteiger partial charge in [-0.05, 0) is 53.8 Å². The lowest BCUT2D eigenvalue weighted by Crippen LogP contribution is -2.26.